The molecule has 0 aliphatic rings. The molecule has 0 spiro atoms. The van der Waals surface area contributed by atoms with E-state index in [1.165, 1.54) is 16.8 Å². The van der Waals surface area contributed by atoms with E-state index in [9.17, 15) is 0 Å². The first kappa shape index (κ1) is 8.58. The van der Waals surface area contributed by atoms with Crippen molar-refractivity contribution in [1.29, 1.82) is 0 Å². The van der Waals surface area contributed by atoms with Gasteiger partial charge < -0.3 is 5.84 Å². The van der Waals surface area contributed by atoms with Crippen molar-refractivity contribution in [3.8, 4) is 0 Å². The summed E-state index contributed by atoms with van der Waals surface area (Å²) in [6.45, 7) is 2.01. The van der Waals surface area contributed by atoms with Crippen molar-refractivity contribution in [3.05, 3.63) is 0 Å². The summed E-state index contributed by atoms with van der Waals surface area (Å²) in [6, 6.07) is 0. The van der Waals surface area contributed by atoms with E-state index in [4.69, 9.17) is 11.7 Å². The Morgan fingerprint density at radius 3 is 2.44 bits per heavy atom. The maximum Gasteiger partial charge on any atom is 0.196 e. The molecule has 0 unspecified atom stereocenters. The normalized spacial score (nSPS) is 11.7. The smallest absolute Gasteiger partial charge is 0.196 e. The monoisotopic (exact) mass is 148 g/mol. The molecular formula is C4H12N4S. The van der Waals surface area contributed by atoms with E-state index >= 15 is 0 Å². The molecule has 0 atom stereocenters. The summed E-state index contributed by atoms with van der Waals surface area (Å²) >= 11 is 1.51. The van der Waals surface area contributed by atoms with Crippen molar-refractivity contribution in [2.24, 2.45) is 16.8 Å². The third-order valence-electron chi connectivity index (χ3n) is 0.686. The van der Waals surface area contributed by atoms with Crippen LogP contribution in [0.3, 0.4) is 0 Å². The molecule has 0 amide bonds. The maximum absolute atomic E-state index is 5.33. The maximum atomic E-state index is 5.33. The third kappa shape index (κ3) is 3.21. The van der Waals surface area contributed by atoms with Crippen molar-refractivity contribution >= 4 is 16.9 Å². The van der Waals surface area contributed by atoms with Gasteiger partial charge in [-0.15, -0.1) is 0 Å². The highest BCUT2D eigenvalue weighted by molar-refractivity contribution is 8.13. The van der Waals surface area contributed by atoms with Crippen molar-refractivity contribution in [2.75, 3.05) is 12.8 Å². The van der Waals surface area contributed by atoms with Crippen LogP contribution in [-0.2, 0) is 0 Å². The number of nitrogens with zero attached hydrogens (tertiary/aromatic N) is 2. The number of nitrogens with two attached hydrogens (primary N) is 2. The van der Waals surface area contributed by atoms with E-state index in [0.29, 0.717) is 5.17 Å². The van der Waals surface area contributed by atoms with E-state index in [2.05, 4.69) is 5.10 Å². The topological polar surface area (TPSA) is 67.6 Å². The van der Waals surface area contributed by atoms with Crippen molar-refractivity contribution < 1.29 is 0 Å². The molecule has 9 heavy (non-hydrogen) atoms. The van der Waals surface area contributed by atoms with Crippen molar-refractivity contribution in [3.63, 3.8) is 0 Å². The Morgan fingerprint density at radius 1 is 1.78 bits per heavy atom. The average Bonchev–Trinajstić information content (AvgIpc) is 1.82. The van der Waals surface area contributed by atoms with Crippen LogP contribution in [0.25, 0.3) is 0 Å². The molecule has 0 heterocycles. The Hall–Kier alpha value is -0.420. The van der Waals surface area contributed by atoms with Crippen LogP contribution in [0.4, 0.5) is 0 Å². The minimum absolute atomic E-state index is 0.650. The van der Waals surface area contributed by atoms with Crippen LogP contribution < -0.4 is 11.7 Å². The molecule has 54 valence electrons. The molecule has 0 fully saturated rings. The van der Waals surface area contributed by atoms with Crippen LogP contribution >= 0.6 is 11.8 Å². The van der Waals surface area contributed by atoms with Gasteiger partial charge in [-0.25, -0.2) is 5.84 Å². The Bertz CT molecular complexity index is 101. The van der Waals surface area contributed by atoms with E-state index in [0.717, 1.165) is 5.75 Å². The van der Waals surface area contributed by atoms with Crippen LogP contribution in [0.15, 0.2) is 5.10 Å². The SMILES string of the molecule is CCS/C(=N/N)N(C)N. The zero-order chi connectivity index (χ0) is 7.28. The highest BCUT2D eigenvalue weighted by Crippen LogP contribution is 2.01. The first-order chi connectivity index (χ1) is 4.22. The van der Waals surface area contributed by atoms with E-state index in [-0.39, 0.29) is 0 Å². The number of amidine groups is 1. The minimum Gasteiger partial charge on any atom is -0.321 e. The van der Waals surface area contributed by atoms with Crippen LogP contribution in [0, 0.1) is 0 Å². The quantitative estimate of drug-likeness (QED) is 0.233. The van der Waals surface area contributed by atoms with Gasteiger partial charge in [0, 0.05) is 7.05 Å². The molecule has 0 aromatic rings. The molecule has 0 aliphatic carbocycles. The standard InChI is InChI=1S/C4H12N4S/c1-3-9-4(7-5)8(2)6/h3,5-6H2,1-2H3/b7-4+. The lowest BCUT2D eigenvalue weighted by Gasteiger charge is -2.11. The molecular weight excluding hydrogens is 136 g/mol. The number of hydrogen-bond donors (Lipinski definition) is 2. The second kappa shape index (κ2) is 4.46. The molecule has 0 bridgehead atoms. The van der Waals surface area contributed by atoms with Gasteiger partial charge in [-0.2, -0.15) is 5.10 Å². The lowest BCUT2D eigenvalue weighted by atomic mass is 11.0. The molecule has 0 rings (SSSR count). The van der Waals surface area contributed by atoms with Crippen molar-refractivity contribution in [1.82, 2.24) is 5.01 Å². The van der Waals surface area contributed by atoms with Crippen LogP contribution in [-0.4, -0.2) is 23.0 Å². The highest BCUT2D eigenvalue weighted by Gasteiger charge is 1.98. The number of hydrazine groups is 1. The summed E-state index contributed by atoms with van der Waals surface area (Å²) in [7, 11) is 1.70. The Labute approximate surface area is 59.2 Å². The van der Waals surface area contributed by atoms with Gasteiger partial charge in [-0.1, -0.05) is 18.7 Å². The fourth-order valence-electron chi connectivity index (χ4n) is 0.359. The molecule has 0 aliphatic heterocycles. The fourth-order valence-corrected chi connectivity index (χ4v) is 0.896. The molecule has 5 heteroatoms. The summed E-state index contributed by atoms with van der Waals surface area (Å²) < 4.78 is 0. The Balaban J connectivity index is 3.70. The second-order valence-electron chi connectivity index (χ2n) is 1.46. The fraction of sp³-hybridized carbons (Fsp3) is 0.750. The summed E-state index contributed by atoms with van der Waals surface area (Å²) in [5.41, 5.74) is 0. The van der Waals surface area contributed by atoms with Gasteiger partial charge in [0.15, 0.2) is 5.17 Å². The molecule has 4 nitrogen and oxygen atoms in total. The van der Waals surface area contributed by atoms with Crippen molar-refractivity contribution in [2.45, 2.75) is 6.92 Å². The van der Waals surface area contributed by atoms with Gasteiger partial charge in [-0.3, -0.25) is 5.01 Å². The summed E-state index contributed by atoms with van der Waals surface area (Å²) in [4.78, 5) is 0. The second-order valence-corrected chi connectivity index (χ2v) is 2.69. The van der Waals surface area contributed by atoms with Crippen LogP contribution in [0.5, 0.6) is 0 Å². The number of rotatable bonds is 1. The number of hydrazone groups is 1. The molecule has 0 aromatic carbocycles. The molecule has 0 saturated carbocycles. The number of hydrogen-bond acceptors (Lipinski definition) is 4. The molecule has 0 saturated heterocycles. The number of thioether (sulfide) groups is 1. The zero-order valence-corrected chi connectivity index (χ0v) is 6.48. The molecule has 0 aromatic heterocycles. The predicted octanol–water partition coefficient (Wildman–Crippen LogP) is -0.225. The lowest BCUT2D eigenvalue weighted by molar-refractivity contribution is 0.548. The molecule has 0 radical (unpaired) electrons. The largest absolute Gasteiger partial charge is 0.321 e. The van der Waals surface area contributed by atoms with Crippen LogP contribution in [0.1, 0.15) is 6.92 Å². The summed E-state index contributed by atoms with van der Waals surface area (Å²) in [5.74, 6) is 11.3. The zero-order valence-electron chi connectivity index (χ0n) is 5.66. The van der Waals surface area contributed by atoms with Gasteiger partial charge >= 0.3 is 0 Å². The van der Waals surface area contributed by atoms with Gasteiger partial charge in [0.2, 0.25) is 0 Å². The van der Waals surface area contributed by atoms with E-state index in [1.54, 1.807) is 7.05 Å². The van der Waals surface area contributed by atoms with E-state index in [1.807, 2.05) is 6.92 Å². The van der Waals surface area contributed by atoms with Gasteiger partial charge in [0.05, 0.1) is 0 Å². The first-order valence-corrected chi connectivity index (χ1v) is 3.60. The first-order valence-electron chi connectivity index (χ1n) is 2.61. The third-order valence-corrected chi connectivity index (χ3v) is 1.63. The summed E-state index contributed by atoms with van der Waals surface area (Å²) in [6.07, 6.45) is 0. The molecule has 4 N–H and O–H groups in total. The summed E-state index contributed by atoms with van der Waals surface area (Å²) in [5, 5.41) is 5.51. The van der Waals surface area contributed by atoms with Gasteiger partial charge in [0.1, 0.15) is 0 Å². The predicted molar refractivity (Wildman–Crippen MR) is 41.7 cm³/mol. The Kier molecular flexibility index (Phi) is 4.25. The minimum atomic E-state index is 0.650. The van der Waals surface area contributed by atoms with Crippen LogP contribution in [0.2, 0.25) is 0 Å². The average molecular weight is 148 g/mol. The lowest BCUT2D eigenvalue weighted by Crippen LogP contribution is -2.31. The highest BCUT2D eigenvalue weighted by atomic mass is 32.2. The van der Waals surface area contributed by atoms with Gasteiger partial charge in [-0.05, 0) is 5.75 Å². The van der Waals surface area contributed by atoms with Gasteiger partial charge in [0.25, 0.3) is 0 Å². The Morgan fingerprint density at radius 2 is 2.33 bits per heavy atom. The van der Waals surface area contributed by atoms with E-state index < -0.39 is 0 Å².